The molecule has 1 aromatic carbocycles. The lowest BCUT2D eigenvalue weighted by Gasteiger charge is -2.13. The number of nitrogens with zero attached hydrogens (tertiary/aromatic N) is 4. The Hall–Kier alpha value is -3.81. The molecule has 0 fully saturated rings. The topological polar surface area (TPSA) is 117 Å². The Morgan fingerprint density at radius 1 is 1.11 bits per heavy atom. The second kappa shape index (κ2) is 7.20. The maximum absolute atomic E-state index is 11.7. The number of hydrogen-bond acceptors (Lipinski definition) is 6. The molecule has 27 heavy (non-hydrogen) atoms. The summed E-state index contributed by atoms with van der Waals surface area (Å²) < 4.78 is 0. The normalized spacial score (nSPS) is 12.0. The van der Waals surface area contributed by atoms with E-state index in [0.717, 1.165) is 16.6 Å². The lowest BCUT2D eigenvalue weighted by atomic mass is 10.2. The number of imidazole rings is 1. The molecule has 1 atom stereocenters. The molecule has 0 saturated heterocycles. The molecule has 134 valence electrons. The monoisotopic (exact) mass is 360 g/mol. The first-order valence-corrected chi connectivity index (χ1v) is 8.35. The second-order valence-corrected chi connectivity index (χ2v) is 5.95. The van der Waals surface area contributed by atoms with Crippen molar-refractivity contribution in [1.82, 2.24) is 24.9 Å². The van der Waals surface area contributed by atoms with Gasteiger partial charge in [0.2, 0.25) is 5.95 Å². The van der Waals surface area contributed by atoms with Crippen LogP contribution in [0, 0.1) is 0 Å². The zero-order valence-corrected chi connectivity index (χ0v) is 14.2. The van der Waals surface area contributed by atoms with Crippen molar-refractivity contribution in [3.05, 3.63) is 66.9 Å². The van der Waals surface area contributed by atoms with Crippen molar-refractivity contribution in [2.45, 2.75) is 12.5 Å². The molecule has 8 nitrogen and oxygen atoms in total. The van der Waals surface area contributed by atoms with Crippen molar-refractivity contribution >= 4 is 23.0 Å². The fraction of sp³-hybridized carbons (Fsp3) is 0.105. The van der Waals surface area contributed by atoms with Gasteiger partial charge in [0.05, 0.1) is 16.7 Å². The van der Waals surface area contributed by atoms with Crippen LogP contribution in [0.4, 0.5) is 5.95 Å². The van der Waals surface area contributed by atoms with E-state index in [0.29, 0.717) is 11.5 Å². The minimum atomic E-state index is -1.01. The minimum Gasteiger partial charge on any atom is -0.480 e. The Labute approximate surface area is 154 Å². The molecule has 0 amide bonds. The van der Waals surface area contributed by atoms with E-state index in [1.165, 1.54) is 0 Å². The summed E-state index contributed by atoms with van der Waals surface area (Å²) in [6.07, 6.45) is 5.12. The van der Waals surface area contributed by atoms with Gasteiger partial charge < -0.3 is 15.4 Å². The lowest BCUT2D eigenvalue weighted by molar-refractivity contribution is -0.137. The zero-order valence-electron chi connectivity index (χ0n) is 14.2. The van der Waals surface area contributed by atoms with Crippen molar-refractivity contribution in [2.24, 2.45) is 0 Å². The van der Waals surface area contributed by atoms with E-state index in [1.807, 2.05) is 36.4 Å². The summed E-state index contributed by atoms with van der Waals surface area (Å²) in [6.45, 7) is 0. The molecular weight excluding hydrogens is 344 g/mol. The van der Waals surface area contributed by atoms with Crippen LogP contribution in [0.5, 0.6) is 0 Å². The molecule has 3 aromatic heterocycles. The number of carboxylic acid groups (broad SMARTS) is 1. The highest BCUT2D eigenvalue weighted by Gasteiger charge is 2.21. The summed E-state index contributed by atoms with van der Waals surface area (Å²) >= 11 is 0. The molecular formula is C19H16N6O2. The standard InChI is InChI=1S/C19H16N6O2/c26-18(27)16(10-17-22-14-5-1-2-6-15(14)23-17)25-19-21-9-7-13(24-19)12-4-3-8-20-11-12/h1-9,11,16H,10H2,(H,22,23)(H,26,27)(H,21,24,25). The van der Waals surface area contributed by atoms with Crippen LogP contribution in [0.15, 0.2) is 61.1 Å². The van der Waals surface area contributed by atoms with Gasteiger partial charge in [0.15, 0.2) is 0 Å². The molecule has 0 aliphatic rings. The number of hydrogen-bond donors (Lipinski definition) is 3. The van der Waals surface area contributed by atoms with E-state index < -0.39 is 12.0 Å². The SMILES string of the molecule is O=C(O)C(Cc1nc2ccccc2[nH]1)Nc1nccc(-c2cccnc2)n1. The first kappa shape index (κ1) is 16.6. The van der Waals surface area contributed by atoms with Crippen molar-refractivity contribution in [1.29, 1.82) is 0 Å². The van der Waals surface area contributed by atoms with E-state index >= 15 is 0 Å². The molecule has 1 unspecified atom stereocenters. The number of benzene rings is 1. The summed E-state index contributed by atoms with van der Waals surface area (Å²) in [5.41, 5.74) is 3.15. The summed E-state index contributed by atoms with van der Waals surface area (Å²) in [6, 6.07) is 12.1. The van der Waals surface area contributed by atoms with Gasteiger partial charge in [-0.1, -0.05) is 12.1 Å². The highest BCUT2D eigenvalue weighted by molar-refractivity contribution is 5.78. The first-order valence-electron chi connectivity index (χ1n) is 8.35. The molecule has 8 heteroatoms. The summed E-state index contributed by atoms with van der Waals surface area (Å²) in [4.78, 5) is 31.9. The number of para-hydroxylation sites is 2. The second-order valence-electron chi connectivity index (χ2n) is 5.95. The molecule has 0 radical (unpaired) electrons. The third-order valence-corrected chi connectivity index (χ3v) is 4.05. The molecule has 3 N–H and O–H groups in total. The lowest BCUT2D eigenvalue weighted by Crippen LogP contribution is -2.32. The van der Waals surface area contributed by atoms with E-state index in [9.17, 15) is 9.90 Å². The quantitative estimate of drug-likeness (QED) is 0.484. The number of aromatic amines is 1. The fourth-order valence-electron chi connectivity index (χ4n) is 2.75. The van der Waals surface area contributed by atoms with Crippen LogP contribution in [0.1, 0.15) is 5.82 Å². The van der Waals surface area contributed by atoms with Crippen molar-refractivity contribution in [3.8, 4) is 11.3 Å². The van der Waals surface area contributed by atoms with Crippen LogP contribution in [-0.4, -0.2) is 42.0 Å². The van der Waals surface area contributed by atoms with Gasteiger partial charge in [-0.05, 0) is 30.3 Å². The average Bonchev–Trinajstić information content (AvgIpc) is 3.11. The van der Waals surface area contributed by atoms with Gasteiger partial charge in [-0.3, -0.25) is 4.98 Å². The maximum Gasteiger partial charge on any atom is 0.326 e. The average molecular weight is 360 g/mol. The largest absolute Gasteiger partial charge is 0.480 e. The van der Waals surface area contributed by atoms with Gasteiger partial charge in [-0.15, -0.1) is 0 Å². The highest BCUT2D eigenvalue weighted by Crippen LogP contribution is 2.17. The van der Waals surface area contributed by atoms with Crippen LogP contribution in [-0.2, 0) is 11.2 Å². The molecule has 0 bridgehead atoms. The van der Waals surface area contributed by atoms with E-state index in [-0.39, 0.29) is 12.4 Å². The number of nitrogens with one attached hydrogen (secondary N) is 2. The van der Waals surface area contributed by atoms with Crippen LogP contribution in [0.2, 0.25) is 0 Å². The number of aromatic nitrogens is 5. The predicted octanol–water partition coefficient (Wildman–Crippen LogP) is 2.52. The Morgan fingerprint density at radius 2 is 2.00 bits per heavy atom. The Balaban J connectivity index is 1.56. The number of pyridine rings is 1. The van der Waals surface area contributed by atoms with Gasteiger partial charge in [0.1, 0.15) is 11.9 Å². The van der Waals surface area contributed by atoms with Crippen LogP contribution >= 0.6 is 0 Å². The van der Waals surface area contributed by atoms with E-state index in [4.69, 9.17) is 0 Å². The number of anilines is 1. The number of H-pyrrole nitrogens is 1. The predicted molar refractivity (Wildman–Crippen MR) is 100 cm³/mol. The number of fused-ring (bicyclic) bond motifs is 1. The maximum atomic E-state index is 11.7. The number of carboxylic acids is 1. The fourth-order valence-corrected chi connectivity index (χ4v) is 2.75. The summed E-state index contributed by atoms with van der Waals surface area (Å²) in [5.74, 6) is -0.190. The molecule has 0 aliphatic heterocycles. The third-order valence-electron chi connectivity index (χ3n) is 4.05. The van der Waals surface area contributed by atoms with Gasteiger partial charge >= 0.3 is 5.97 Å². The zero-order chi connectivity index (χ0) is 18.6. The third kappa shape index (κ3) is 3.74. The Morgan fingerprint density at radius 3 is 2.78 bits per heavy atom. The molecule has 4 rings (SSSR count). The van der Waals surface area contributed by atoms with Crippen LogP contribution in [0.3, 0.4) is 0 Å². The number of aliphatic carboxylic acids is 1. The minimum absolute atomic E-state index is 0.171. The van der Waals surface area contributed by atoms with Gasteiger partial charge in [0, 0.05) is 30.6 Å². The number of carbonyl (C=O) groups is 1. The molecule has 0 spiro atoms. The van der Waals surface area contributed by atoms with Crippen LogP contribution in [0.25, 0.3) is 22.3 Å². The van der Waals surface area contributed by atoms with E-state index in [1.54, 1.807) is 24.7 Å². The van der Waals surface area contributed by atoms with Gasteiger partial charge in [-0.2, -0.15) is 0 Å². The molecule has 0 saturated carbocycles. The summed E-state index contributed by atoms with van der Waals surface area (Å²) in [7, 11) is 0. The number of rotatable bonds is 6. The molecule has 0 aliphatic carbocycles. The smallest absolute Gasteiger partial charge is 0.326 e. The van der Waals surface area contributed by atoms with E-state index in [2.05, 4.69) is 30.2 Å². The molecule has 4 aromatic rings. The molecule has 3 heterocycles. The first-order chi connectivity index (χ1) is 13.2. The van der Waals surface area contributed by atoms with Gasteiger partial charge in [-0.25, -0.2) is 19.7 Å². The highest BCUT2D eigenvalue weighted by atomic mass is 16.4. The van der Waals surface area contributed by atoms with Crippen LogP contribution < -0.4 is 5.32 Å². The van der Waals surface area contributed by atoms with Crippen molar-refractivity contribution in [2.75, 3.05) is 5.32 Å². The Bertz CT molecular complexity index is 1050. The van der Waals surface area contributed by atoms with Crippen molar-refractivity contribution in [3.63, 3.8) is 0 Å². The Kier molecular flexibility index (Phi) is 4.44. The van der Waals surface area contributed by atoms with Gasteiger partial charge in [0.25, 0.3) is 0 Å². The summed E-state index contributed by atoms with van der Waals surface area (Å²) in [5, 5.41) is 12.5. The van der Waals surface area contributed by atoms with Crippen molar-refractivity contribution < 1.29 is 9.90 Å².